The van der Waals surface area contributed by atoms with Gasteiger partial charge in [-0.3, -0.25) is 0 Å². The van der Waals surface area contributed by atoms with Gasteiger partial charge >= 0.3 is 6.03 Å². The number of fused-ring (bicyclic) bond motifs is 1. The molecule has 0 fully saturated rings. The van der Waals surface area contributed by atoms with E-state index in [2.05, 4.69) is 34.4 Å². The molecule has 7 nitrogen and oxygen atoms in total. The van der Waals surface area contributed by atoms with Crippen LogP contribution < -0.4 is 20.1 Å². The quantitative estimate of drug-likeness (QED) is 0.493. The minimum atomic E-state index is -0.207. The van der Waals surface area contributed by atoms with Crippen LogP contribution in [0.2, 0.25) is 0 Å². The van der Waals surface area contributed by atoms with Crippen molar-refractivity contribution in [3.8, 4) is 11.5 Å². The molecule has 0 bridgehead atoms. The summed E-state index contributed by atoms with van der Waals surface area (Å²) in [5.74, 6) is 2.39. The zero-order valence-electron chi connectivity index (χ0n) is 18.0. The van der Waals surface area contributed by atoms with Gasteiger partial charge in [-0.15, -0.1) is 0 Å². The molecule has 7 heteroatoms. The van der Waals surface area contributed by atoms with Crippen molar-refractivity contribution in [1.82, 2.24) is 20.6 Å². The first-order valence-corrected chi connectivity index (χ1v) is 10.3. The van der Waals surface area contributed by atoms with E-state index in [-0.39, 0.29) is 18.0 Å². The second-order valence-electron chi connectivity index (χ2n) is 7.34. The summed E-state index contributed by atoms with van der Waals surface area (Å²) >= 11 is 0. The van der Waals surface area contributed by atoms with Crippen LogP contribution in [0.1, 0.15) is 37.7 Å². The maximum Gasteiger partial charge on any atom is 0.315 e. The predicted molar refractivity (Wildman–Crippen MR) is 118 cm³/mol. The highest BCUT2D eigenvalue weighted by Crippen LogP contribution is 2.27. The van der Waals surface area contributed by atoms with E-state index >= 15 is 0 Å². The number of imidazole rings is 1. The standard InChI is InChI=1S/C23H30N4O3/c1-5-15(2)21(22-25-17-8-6-7-9-18(17)26-22)27-23(28)24-13-12-16-10-11-19(29-3)20(14-16)30-4/h6-11,14-15,21H,5,12-13H2,1-4H3,(H,25,26)(H2,24,27,28)/t15-,21-/m0/s1. The minimum absolute atomic E-state index is 0.191. The number of methoxy groups -OCH3 is 2. The van der Waals surface area contributed by atoms with E-state index in [9.17, 15) is 4.79 Å². The number of hydrogen-bond donors (Lipinski definition) is 3. The number of amides is 2. The Morgan fingerprint density at radius 3 is 2.60 bits per heavy atom. The number of para-hydroxylation sites is 2. The average molecular weight is 411 g/mol. The largest absolute Gasteiger partial charge is 0.493 e. The molecule has 1 aromatic heterocycles. The molecule has 2 amide bonds. The molecule has 0 radical (unpaired) electrons. The number of nitrogens with one attached hydrogen (secondary N) is 3. The number of aromatic nitrogens is 2. The summed E-state index contributed by atoms with van der Waals surface area (Å²) in [6, 6.07) is 13.2. The van der Waals surface area contributed by atoms with Crippen molar-refractivity contribution in [2.75, 3.05) is 20.8 Å². The van der Waals surface area contributed by atoms with Crippen molar-refractivity contribution in [1.29, 1.82) is 0 Å². The Balaban J connectivity index is 1.61. The topological polar surface area (TPSA) is 88.3 Å². The summed E-state index contributed by atoms with van der Waals surface area (Å²) in [5.41, 5.74) is 2.93. The lowest BCUT2D eigenvalue weighted by Gasteiger charge is -2.22. The Morgan fingerprint density at radius 1 is 1.13 bits per heavy atom. The van der Waals surface area contributed by atoms with Gasteiger partial charge < -0.3 is 25.1 Å². The fraction of sp³-hybridized carbons (Fsp3) is 0.391. The van der Waals surface area contributed by atoms with Crippen molar-refractivity contribution >= 4 is 17.1 Å². The lowest BCUT2D eigenvalue weighted by atomic mass is 9.99. The number of urea groups is 1. The number of carbonyl (C=O) groups is 1. The second kappa shape index (κ2) is 10.0. The molecule has 0 spiro atoms. The van der Waals surface area contributed by atoms with Gasteiger partial charge in [0.1, 0.15) is 5.82 Å². The van der Waals surface area contributed by atoms with Crippen LogP contribution in [0.5, 0.6) is 11.5 Å². The molecule has 2 aromatic carbocycles. The van der Waals surface area contributed by atoms with E-state index in [0.717, 1.165) is 28.8 Å². The van der Waals surface area contributed by atoms with E-state index in [0.29, 0.717) is 24.5 Å². The van der Waals surface area contributed by atoms with Crippen LogP contribution in [0.3, 0.4) is 0 Å². The Morgan fingerprint density at radius 2 is 1.90 bits per heavy atom. The van der Waals surface area contributed by atoms with Crippen LogP contribution >= 0.6 is 0 Å². The Bertz CT molecular complexity index is 952. The Kier molecular flexibility index (Phi) is 7.17. The van der Waals surface area contributed by atoms with Gasteiger partial charge in [0.2, 0.25) is 0 Å². The summed E-state index contributed by atoms with van der Waals surface area (Å²) < 4.78 is 10.6. The third kappa shape index (κ3) is 5.03. The highest BCUT2D eigenvalue weighted by atomic mass is 16.5. The molecule has 3 rings (SSSR count). The molecule has 1 heterocycles. The highest BCUT2D eigenvalue weighted by Gasteiger charge is 2.23. The van der Waals surface area contributed by atoms with Crippen molar-refractivity contribution in [3.05, 3.63) is 53.9 Å². The van der Waals surface area contributed by atoms with Crippen LogP contribution in [0.15, 0.2) is 42.5 Å². The van der Waals surface area contributed by atoms with Gasteiger partial charge in [-0.25, -0.2) is 9.78 Å². The number of rotatable bonds is 9. The number of H-pyrrole nitrogens is 1. The van der Waals surface area contributed by atoms with Gasteiger partial charge in [0.05, 0.1) is 31.3 Å². The molecule has 3 aromatic rings. The van der Waals surface area contributed by atoms with E-state index in [1.165, 1.54) is 0 Å². The smallest absolute Gasteiger partial charge is 0.315 e. The molecule has 30 heavy (non-hydrogen) atoms. The minimum Gasteiger partial charge on any atom is -0.493 e. The lowest BCUT2D eigenvalue weighted by Crippen LogP contribution is -2.41. The molecule has 3 N–H and O–H groups in total. The molecule has 0 saturated heterocycles. The molecule has 2 atom stereocenters. The molecule has 0 saturated carbocycles. The zero-order valence-corrected chi connectivity index (χ0v) is 18.0. The fourth-order valence-electron chi connectivity index (χ4n) is 3.38. The monoisotopic (exact) mass is 410 g/mol. The Hall–Kier alpha value is -3.22. The molecule has 160 valence electrons. The number of benzene rings is 2. The fourth-order valence-corrected chi connectivity index (χ4v) is 3.38. The van der Waals surface area contributed by atoms with E-state index in [1.807, 2.05) is 42.5 Å². The van der Waals surface area contributed by atoms with E-state index < -0.39 is 0 Å². The number of aromatic amines is 1. The number of ether oxygens (including phenoxy) is 2. The van der Waals surface area contributed by atoms with Crippen LogP contribution in [-0.2, 0) is 6.42 Å². The maximum atomic E-state index is 12.6. The zero-order chi connectivity index (χ0) is 21.5. The lowest BCUT2D eigenvalue weighted by molar-refractivity contribution is 0.230. The van der Waals surface area contributed by atoms with Crippen LogP contribution in [0, 0.1) is 5.92 Å². The summed E-state index contributed by atoms with van der Waals surface area (Å²) in [6.45, 7) is 4.73. The summed E-state index contributed by atoms with van der Waals surface area (Å²) in [7, 11) is 3.22. The Labute approximate surface area is 177 Å². The van der Waals surface area contributed by atoms with Gasteiger partial charge in [-0.2, -0.15) is 0 Å². The van der Waals surface area contributed by atoms with Crippen molar-refractivity contribution < 1.29 is 14.3 Å². The van der Waals surface area contributed by atoms with Crippen LogP contribution in [-0.4, -0.2) is 36.8 Å². The van der Waals surface area contributed by atoms with Gasteiger partial charge in [0.25, 0.3) is 0 Å². The first-order chi connectivity index (χ1) is 14.5. The number of nitrogens with zero attached hydrogens (tertiary/aromatic N) is 1. The van der Waals surface area contributed by atoms with Crippen molar-refractivity contribution in [2.45, 2.75) is 32.7 Å². The number of carbonyl (C=O) groups excluding carboxylic acids is 1. The molecular formula is C23H30N4O3. The molecule has 0 aliphatic carbocycles. The van der Waals surface area contributed by atoms with E-state index in [4.69, 9.17) is 9.47 Å². The molecular weight excluding hydrogens is 380 g/mol. The van der Waals surface area contributed by atoms with Gasteiger partial charge in [0.15, 0.2) is 11.5 Å². The second-order valence-corrected chi connectivity index (χ2v) is 7.34. The summed E-state index contributed by atoms with van der Waals surface area (Å²) in [5, 5.41) is 6.03. The molecule has 0 unspecified atom stereocenters. The number of hydrogen-bond acceptors (Lipinski definition) is 4. The van der Waals surface area contributed by atoms with Crippen LogP contribution in [0.4, 0.5) is 4.79 Å². The SMILES string of the molecule is CC[C@H](C)[C@H](NC(=O)NCCc1ccc(OC)c(OC)c1)c1nc2ccccc2[nH]1. The average Bonchev–Trinajstić information content (AvgIpc) is 3.20. The predicted octanol–water partition coefficient (Wildman–Crippen LogP) is 4.21. The summed E-state index contributed by atoms with van der Waals surface area (Å²) in [6.07, 6.45) is 1.61. The normalized spacial score (nSPS) is 12.9. The molecule has 0 aliphatic rings. The van der Waals surface area contributed by atoms with Crippen LogP contribution in [0.25, 0.3) is 11.0 Å². The third-order valence-corrected chi connectivity index (χ3v) is 5.35. The third-order valence-electron chi connectivity index (χ3n) is 5.35. The first kappa shape index (κ1) is 21.5. The highest BCUT2D eigenvalue weighted by molar-refractivity contribution is 5.76. The van der Waals surface area contributed by atoms with Gasteiger partial charge in [0, 0.05) is 6.54 Å². The first-order valence-electron chi connectivity index (χ1n) is 10.3. The van der Waals surface area contributed by atoms with Crippen molar-refractivity contribution in [3.63, 3.8) is 0 Å². The van der Waals surface area contributed by atoms with Gasteiger partial charge in [-0.1, -0.05) is 38.5 Å². The van der Waals surface area contributed by atoms with Gasteiger partial charge in [-0.05, 0) is 42.2 Å². The maximum absolute atomic E-state index is 12.6. The summed E-state index contributed by atoms with van der Waals surface area (Å²) in [4.78, 5) is 20.6. The molecule has 0 aliphatic heterocycles. The van der Waals surface area contributed by atoms with E-state index in [1.54, 1.807) is 14.2 Å². The van der Waals surface area contributed by atoms with Crippen molar-refractivity contribution in [2.24, 2.45) is 5.92 Å².